The van der Waals surface area contributed by atoms with Crippen LogP contribution in [0.2, 0.25) is 0 Å². The molecule has 20 heavy (non-hydrogen) atoms. The molecule has 1 N–H and O–H groups in total. The van der Waals surface area contributed by atoms with Crippen LogP contribution in [0.1, 0.15) is 42.9 Å². The molecule has 3 rings (SSSR count). The van der Waals surface area contributed by atoms with E-state index in [2.05, 4.69) is 29.6 Å². The summed E-state index contributed by atoms with van der Waals surface area (Å²) in [5.74, 6) is 0. The summed E-state index contributed by atoms with van der Waals surface area (Å²) in [4.78, 5) is 0. The lowest BCUT2D eigenvalue weighted by molar-refractivity contribution is 0.0361. The van der Waals surface area contributed by atoms with Crippen molar-refractivity contribution in [3.05, 3.63) is 35.4 Å². The van der Waals surface area contributed by atoms with Crippen molar-refractivity contribution >= 4 is 0 Å². The van der Waals surface area contributed by atoms with Crippen LogP contribution >= 0.6 is 0 Å². The molecular formula is C17H25NO2. The van der Waals surface area contributed by atoms with Crippen molar-refractivity contribution in [2.24, 2.45) is 0 Å². The third-order valence-electron chi connectivity index (χ3n) is 4.39. The van der Waals surface area contributed by atoms with Gasteiger partial charge in [-0.3, -0.25) is 0 Å². The van der Waals surface area contributed by atoms with Crippen molar-refractivity contribution in [2.75, 3.05) is 26.4 Å². The highest BCUT2D eigenvalue weighted by Crippen LogP contribution is 2.31. The van der Waals surface area contributed by atoms with Crippen molar-refractivity contribution < 1.29 is 9.47 Å². The van der Waals surface area contributed by atoms with Gasteiger partial charge in [0.2, 0.25) is 0 Å². The molecular weight excluding hydrogens is 250 g/mol. The van der Waals surface area contributed by atoms with Gasteiger partial charge in [0.15, 0.2) is 0 Å². The van der Waals surface area contributed by atoms with Gasteiger partial charge in [0, 0.05) is 25.8 Å². The quantitative estimate of drug-likeness (QED) is 0.838. The van der Waals surface area contributed by atoms with Gasteiger partial charge in [-0.25, -0.2) is 0 Å². The van der Waals surface area contributed by atoms with Gasteiger partial charge >= 0.3 is 0 Å². The number of nitrogens with one attached hydrogen (secondary N) is 1. The van der Waals surface area contributed by atoms with Gasteiger partial charge in [-0.05, 0) is 43.2 Å². The lowest BCUT2D eigenvalue weighted by Gasteiger charge is -2.27. The molecule has 1 atom stereocenters. The third kappa shape index (κ3) is 3.60. The Bertz CT molecular complexity index is 415. The zero-order valence-electron chi connectivity index (χ0n) is 12.1. The first kappa shape index (κ1) is 14.1. The molecule has 3 heteroatoms. The Labute approximate surface area is 121 Å². The Morgan fingerprint density at radius 2 is 2.00 bits per heavy atom. The fourth-order valence-electron chi connectivity index (χ4n) is 3.25. The minimum atomic E-state index is 0.302. The first-order chi connectivity index (χ1) is 9.93. The maximum absolute atomic E-state index is 6.11. The highest BCUT2D eigenvalue weighted by Gasteiger charge is 2.20. The van der Waals surface area contributed by atoms with Gasteiger partial charge < -0.3 is 14.8 Å². The number of rotatable bonds is 5. The maximum Gasteiger partial charge on any atom is 0.0828 e. The summed E-state index contributed by atoms with van der Waals surface area (Å²) in [5, 5.41) is 3.58. The molecule has 0 aromatic heterocycles. The lowest BCUT2D eigenvalue weighted by atomic mass is 9.89. The molecule has 1 aliphatic heterocycles. The molecule has 0 radical (unpaired) electrons. The van der Waals surface area contributed by atoms with E-state index < -0.39 is 0 Å². The first-order valence-electron chi connectivity index (χ1n) is 7.94. The summed E-state index contributed by atoms with van der Waals surface area (Å²) in [6.07, 6.45) is 6.18. The van der Waals surface area contributed by atoms with Crippen molar-refractivity contribution in [1.82, 2.24) is 5.32 Å². The minimum absolute atomic E-state index is 0.302. The van der Waals surface area contributed by atoms with Crippen LogP contribution in [0.4, 0.5) is 0 Å². The van der Waals surface area contributed by atoms with Crippen LogP contribution in [0.15, 0.2) is 24.3 Å². The van der Waals surface area contributed by atoms with Gasteiger partial charge in [-0.1, -0.05) is 24.3 Å². The van der Waals surface area contributed by atoms with Crippen LogP contribution in [0.5, 0.6) is 0 Å². The molecule has 1 fully saturated rings. The van der Waals surface area contributed by atoms with Crippen LogP contribution in [-0.2, 0) is 15.9 Å². The second-order valence-electron chi connectivity index (χ2n) is 5.79. The average molecular weight is 275 g/mol. The van der Waals surface area contributed by atoms with E-state index in [1.807, 2.05) is 0 Å². The van der Waals surface area contributed by atoms with Gasteiger partial charge in [-0.15, -0.1) is 0 Å². The topological polar surface area (TPSA) is 30.5 Å². The summed E-state index contributed by atoms with van der Waals surface area (Å²) >= 11 is 0. The third-order valence-corrected chi connectivity index (χ3v) is 4.39. The van der Waals surface area contributed by atoms with E-state index in [9.17, 15) is 0 Å². The van der Waals surface area contributed by atoms with Gasteiger partial charge in [0.25, 0.3) is 0 Å². The number of ether oxygens (including phenoxy) is 2. The predicted molar refractivity (Wildman–Crippen MR) is 79.9 cm³/mol. The van der Waals surface area contributed by atoms with Crippen LogP contribution < -0.4 is 5.32 Å². The molecule has 1 aliphatic carbocycles. The van der Waals surface area contributed by atoms with Crippen molar-refractivity contribution in [3.63, 3.8) is 0 Å². The Morgan fingerprint density at radius 1 is 1.15 bits per heavy atom. The second-order valence-corrected chi connectivity index (χ2v) is 5.79. The number of aryl methyl sites for hydroxylation is 1. The number of hydrogen-bond acceptors (Lipinski definition) is 3. The van der Waals surface area contributed by atoms with Crippen molar-refractivity contribution in [3.8, 4) is 0 Å². The van der Waals surface area contributed by atoms with E-state index in [1.54, 1.807) is 0 Å². The summed E-state index contributed by atoms with van der Waals surface area (Å²) in [7, 11) is 0. The van der Waals surface area contributed by atoms with Crippen LogP contribution in [-0.4, -0.2) is 32.4 Å². The van der Waals surface area contributed by atoms with Gasteiger partial charge in [0.05, 0.1) is 12.7 Å². The maximum atomic E-state index is 6.11. The lowest BCUT2D eigenvalue weighted by Crippen LogP contribution is -2.36. The van der Waals surface area contributed by atoms with Gasteiger partial charge in [-0.2, -0.15) is 0 Å². The number of hydrogen-bond donors (Lipinski definition) is 1. The molecule has 0 amide bonds. The van der Waals surface area contributed by atoms with Crippen molar-refractivity contribution in [2.45, 2.75) is 44.2 Å². The Balaban J connectivity index is 1.43. The Kier molecular flexibility index (Phi) is 5.06. The van der Waals surface area contributed by atoms with Crippen molar-refractivity contribution in [1.29, 1.82) is 0 Å². The molecule has 2 aliphatic rings. The summed E-state index contributed by atoms with van der Waals surface area (Å²) in [6, 6.07) is 9.34. The largest absolute Gasteiger partial charge is 0.381 e. The minimum Gasteiger partial charge on any atom is -0.381 e. The summed E-state index contributed by atoms with van der Waals surface area (Å²) in [5.41, 5.74) is 2.88. The molecule has 0 saturated carbocycles. The molecule has 1 aromatic carbocycles. The first-order valence-corrected chi connectivity index (χ1v) is 7.94. The second kappa shape index (κ2) is 7.21. The Hall–Kier alpha value is -0.900. The van der Waals surface area contributed by atoms with E-state index >= 15 is 0 Å². The normalized spacial score (nSPS) is 23.5. The molecule has 3 nitrogen and oxygen atoms in total. The highest BCUT2D eigenvalue weighted by molar-refractivity contribution is 5.31. The molecule has 1 unspecified atom stereocenters. The SMILES string of the molecule is c1ccc2c(c1)CCCC2OCCNC1CCOCC1. The van der Waals surface area contributed by atoms with E-state index in [-0.39, 0.29) is 0 Å². The standard InChI is InChI=1S/C17H25NO2/c1-2-6-16-14(4-1)5-3-7-17(16)20-13-10-18-15-8-11-19-12-9-15/h1-2,4,6,15,17-18H,3,5,7-13H2. The number of fused-ring (bicyclic) bond motifs is 1. The van der Waals surface area contributed by atoms with E-state index in [0.717, 1.165) is 45.6 Å². The zero-order chi connectivity index (χ0) is 13.6. The molecule has 0 bridgehead atoms. The zero-order valence-corrected chi connectivity index (χ0v) is 12.1. The van der Waals surface area contributed by atoms with Crippen LogP contribution in [0.25, 0.3) is 0 Å². The molecule has 1 heterocycles. The Morgan fingerprint density at radius 3 is 2.90 bits per heavy atom. The summed E-state index contributed by atoms with van der Waals surface area (Å²) in [6.45, 7) is 3.54. The van der Waals surface area contributed by atoms with E-state index in [0.29, 0.717) is 12.1 Å². The molecule has 0 spiro atoms. The molecule has 1 aromatic rings. The monoisotopic (exact) mass is 275 g/mol. The van der Waals surface area contributed by atoms with Gasteiger partial charge in [0.1, 0.15) is 0 Å². The van der Waals surface area contributed by atoms with Crippen LogP contribution in [0.3, 0.4) is 0 Å². The predicted octanol–water partition coefficient (Wildman–Crippen LogP) is 2.85. The summed E-state index contributed by atoms with van der Waals surface area (Å²) < 4.78 is 11.5. The van der Waals surface area contributed by atoms with Crippen LogP contribution in [0, 0.1) is 0 Å². The number of benzene rings is 1. The van der Waals surface area contributed by atoms with E-state index in [1.165, 1.54) is 24.0 Å². The fourth-order valence-corrected chi connectivity index (χ4v) is 3.25. The smallest absolute Gasteiger partial charge is 0.0828 e. The molecule has 110 valence electrons. The van der Waals surface area contributed by atoms with E-state index in [4.69, 9.17) is 9.47 Å². The molecule has 1 saturated heterocycles. The average Bonchev–Trinajstić information content (AvgIpc) is 2.53. The fraction of sp³-hybridized carbons (Fsp3) is 0.647. The highest BCUT2D eigenvalue weighted by atomic mass is 16.5.